The Kier molecular flexibility index (Phi) is 9.29. The maximum atomic E-state index is 14.5. The molecule has 0 bridgehead atoms. The van der Waals surface area contributed by atoms with Gasteiger partial charge in [-0.05, 0) is 67.3 Å². The number of halogens is 1. The molecule has 0 amide bonds. The van der Waals surface area contributed by atoms with Crippen LogP contribution in [0.1, 0.15) is 95.7 Å². The van der Waals surface area contributed by atoms with Crippen molar-refractivity contribution in [3.63, 3.8) is 0 Å². The van der Waals surface area contributed by atoms with Crippen LogP contribution in [-0.4, -0.2) is 10.2 Å². The quantitative estimate of drug-likeness (QED) is 0.351. The molecule has 0 spiro atoms. The Hall–Kier alpha value is -1.77. The molecule has 1 aliphatic carbocycles. The molecule has 2 nitrogen and oxygen atoms in total. The molecule has 164 valence electrons. The summed E-state index contributed by atoms with van der Waals surface area (Å²) in [6.07, 6.45) is 16.5. The van der Waals surface area contributed by atoms with Gasteiger partial charge in [0.05, 0.1) is 11.4 Å². The van der Waals surface area contributed by atoms with Crippen molar-refractivity contribution in [2.24, 2.45) is 11.8 Å². The van der Waals surface area contributed by atoms with E-state index in [1.54, 1.807) is 6.07 Å². The van der Waals surface area contributed by atoms with Crippen molar-refractivity contribution in [3.8, 4) is 11.3 Å². The summed E-state index contributed by atoms with van der Waals surface area (Å²) in [6.45, 7) is 4.44. The van der Waals surface area contributed by atoms with Crippen molar-refractivity contribution in [2.75, 3.05) is 0 Å². The highest BCUT2D eigenvalue weighted by molar-refractivity contribution is 5.59. The first kappa shape index (κ1) is 22.9. The van der Waals surface area contributed by atoms with Gasteiger partial charge in [0.25, 0.3) is 0 Å². The third kappa shape index (κ3) is 6.89. The van der Waals surface area contributed by atoms with Gasteiger partial charge in [-0.25, -0.2) is 4.39 Å². The Bertz CT molecular complexity index is 748. The molecule has 1 aliphatic rings. The van der Waals surface area contributed by atoms with E-state index in [2.05, 4.69) is 24.0 Å². The summed E-state index contributed by atoms with van der Waals surface area (Å²) in [6, 6.07) is 9.48. The van der Waals surface area contributed by atoms with Gasteiger partial charge in [0.1, 0.15) is 5.82 Å². The van der Waals surface area contributed by atoms with Crippen LogP contribution in [0.25, 0.3) is 11.3 Å². The third-order valence-corrected chi connectivity index (χ3v) is 6.84. The lowest BCUT2D eigenvalue weighted by molar-refractivity contribution is 0.248. The summed E-state index contributed by atoms with van der Waals surface area (Å²) in [7, 11) is 0. The van der Waals surface area contributed by atoms with Crippen molar-refractivity contribution in [3.05, 3.63) is 47.4 Å². The highest BCUT2D eigenvalue weighted by atomic mass is 19.1. The molecule has 0 unspecified atom stereocenters. The summed E-state index contributed by atoms with van der Waals surface area (Å²) in [5.41, 5.74) is 3.27. The minimum absolute atomic E-state index is 0.193. The van der Waals surface area contributed by atoms with Gasteiger partial charge in [0.2, 0.25) is 0 Å². The fourth-order valence-corrected chi connectivity index (χ4v) is 4.78. The molecule has 3 rings (SSSR count). The zero-order valence-corrected chi connectivity index (χ0v) is 19.0. The lowest BCUT2D eigenvalue weighted by Gasteiger charge is -2.28. The zero-order chi connectivity index (χ0) is 21.2. The van der Waals surface area contributed by atoms with Crippen LogP contribution in [0.15, 0.2) is 30.3 Å². The minimum Gasteiger partial charge on any atom is -0.206 e. The van der Waals surface area contributed by atoms with E-state index in [9.17, 15) is 4.39 Å². The minimum atomic E-state index is -0.193. The van der Waals surface area contributed by atoms with Gasteiger partial charge in [0, 0.05) is 5.56 Å². The van der Waals surface area contributed by atoms with Crippen LogP contribution < -0.4 is 0 Å². The number of aromatic nitrogens is 2. The molecule has 30 heavy (non-hydrogen) atoms. The fraction of sp³-hybridized carbons (Fsp3) is 0.630. The van der Waals surface area contributed by atoms with Crippen LogP contribution in [0.5, 0.6) is 0 Å². The first-order chi connectivity index (χ1) is 14.7. The molecule has 0 saturated heterocycles. The predicted molar refractivity (Wildman–Crippen MR) is 124 cm³/mol. The van der Waals surface area contributed by atoms with Gasteiger partial charge in [-0.1, -0.05) is 77.7 Å². The van der Waals surface area contributed by atoms with Crippen molar-refractivity contribution < 1.29 is 4.39 Å². The van der Waals surface area contributed by atoms with Crippen LogP contribution in [0.4, 0.5) is 4.39 Å². The number of hydrogen-bond donors (Lipinski definition) is 0. The summed E-state index contributed by atoms with van der Waals surface area (Å²) in [4.78, 5) is 0. The maximum Gasteiger partial charge on any atom is 0.132 e. The van der Waals surface area contributed by atoms with Crippen LogP contribution >= 0.6 is 0 Å². The third-order valence-electron chi connectivity index (χ3n) is 6.84. The molecule has 1 heterocycles. The molecular formula is C27H39FN2. The average Bonchev–Trinajstić information content (AvgIpc) is 2.78. The second kappa shape index (κ2) is 12.2. The van der Waals surface area contributed by atoms with Gasteiger partial charge < -0.3 is 0 Å². The van der Waals surface area contributed by atoms with E-state index in [-0.39, 0.29) is 5.82 Å². The van der Waals surface area contributed by atoms with E-state index in [1.165, 1.54) is 57.8 Å². The molecule has 1 saturated carbocycles. The van der Waals surface area contributed by atoms with Crippen LogP contribution in [-0.2, 0) is 12.8 Å². The zero-order valence-electron chi connectivity index (χ0n) is 19.0. The first-order valence-corrected chi connectivity index (χ1v) is 12.3. The van der Waals surface area contributed by atoms with Gasteiger partial charge in [-0.15, -0.1) is 0 Å². The van der Waals surface area contributed by atoms with Crippen molar-refractivity contribution in [2.45, 2.75) is 97.3 Å². The number of unbranched alkanes of at least 4 members (excludes halogenated alkanes) is 3. The molecule has 1 aromatic heterocycles. The highest BCUT2D eigenvalue weighted by Gasteiger charge is 2.20. The molecule has 0 N–H and O–H groups in total. The topological polar surface area (TPSA) is 25.8 Å². The molecule has 0 radical (unpaired) electrons. The van der Waals surface area contributed by atoms with Crippen molar-refractivity contribution in [1.82, 2.24) is 10.2 Å². The standard InChI is InChI=1S/C27H39FN2/c1-3-5-7-9-21-10-12-22(13-11-21)14-16-24-17-19-27(30-29-24)25-18-15-23(8-6-4-2)20-26(25)28/h15,17-22H,3-14,16H2,1-2H3. The van der Waals surface area contributed by atoms with E-state index in [4.69, 9.17) is 0 Å². The highest BCUT2D eigenvalue weighted by Crippen LogP contribution is 2.34. The average molecular weight is 411 g/mol. The summed E-state index contributed by atoms with van der Waals surface area (Å²) < 4.78 is 14.5. The Morgan fingerprint density at radius 1 is 0.800 bits per heavy atom. The molecule has 3 heteroatoms. The summed E-state index contributed by atoms with van der Waals surface area (Å²) >= 11 is 0. The Morgan fingerprint density at radius 2 is 1.53 bits per heavy atom. The molecule has 0 atom stereocenters. The van der Waals surface area contributed by atoms with E-state index in [0.29, 0.717) is 11.3 Å². The number of hydrogen-bond acceptors (Lipinski definition) is 2. The molecule has 2 aromatic rings. The Morgan fingerprint density at radius 3 is 2.17 bits per heavy atom. The van der Waals surface area contributed by atoms with Gasteiger partial charge >= 0.3 is 0 Å². The number of nitrogens with zero attached hydrogens (tertiary/aromatic N) is 2. The Balaban J connectivity index is 1.46. The number of benzene rings is 1. The first-order valence-electron chi connectivity index (χ1n) is 12.3. The maximum absolute atomic E-state index is 14.5. The second-order valence-corrected chi connectivity index (χ2v) is 9.25. The van der Waals surface area contributed by atoms with Gasteiger partial charge in [-0.2, -0.15) is 10.2 Å². The molecule has 0 aliphatic heterocycles. The van der Waals surface area contributed by atoms with E-state index in [1.807, 2.05) is 24.3 Å². The SMILES string of the molecule is CCCCCC1CCC(CCc2ccc(-c3ccc(CCCC)cc3F)nn2)CC1. The van der Waals surface area contributed by atoms with Crippen LogP contribution in [0.3, 0.4) is 0 Å². The monoisotopic (exact) mass is 410 g/mol. The molecule has 1 aromatic carbocycles. The predicted octanol–water partition coefficient (Wildman–Crippen LogP) is 7.94. The number of rotatable bonds is 11. The fourth-order valence-electron chi connectivity index (χ4n) is 4.78. The Labute approximate surface area is 182 Å². The van der Waals surface area contributed by atoms with Crippen LogP contribution in [0.2, 0.25) is 0 Å². The lowest BCUT2D eigenvalue weighted by atomic mass is 9.78. The van der Waals surface area contributed by atoms with E-state index in [0.717, 1.165) is 48.8 Å². The molecular weight excluding hydrogens is 371 g/mol. The van der Waals surface area contributed by atoms with Crippen LogP contribution in [0, 0.1) is 17.7 Å². The van der Waals surface area contributed by atoms with E-state index < -0.39 is 0 Å². The van der Waals surface area contributed by atoms with E-state index >= 15 is 0 Å². The summed E-state index contributed by atoms with van der Waals surface area (Å²) in [5, 5.41) is 8.73. The van der Waals surface area contributed by atoms with Crippen molar-refractivity contribution in [1.29, 1.82) is 0 Å². The normalized spacial score (nSPS) is 19.2. The number of aryl methyl sites for hydroxylation is 2. The van der Waals surface area contributed by atoms with Crippen molar-refractivity contribution >= 4 is 0 Å². The van der Waals surface area contributed by atoms with Gasteiger partial charge in [0.15, 0.2) is 0 Å². The van der Waals surface area contributed by atoms with Gasteiger partial charge in [-0.3, -0.25) is 0 Å². The molecule has 1 fully saturated rings. The summed E-state index contributed by atoms with van der Waals surface area (Å²) in [5.74, 6) is 1.61. The smallest absolute Gasteiger partial charge is 0.132 e. The second-order valence-electron chi connectivity index (χ2n) is 9.25. The lowest BCUT2D eigenvalue weighted by Crippen LogP contribution is -2.15. The largest absolute Gasteiger partial charge is 0.206 e.